The van der Waals surface area contributed by atoms with Crippen LogP contribution in [0.5, 0.6) is 0 Å². The Balaban J connectivity index is 1.50. The Labute approximate surface area is 179 Å². The summed E-state index contributed by atoms with van der Waals surface area (Å²) < 4.78 is 21.3. The van der Waals surface area contributed by atoms with Gasteiger partial charge in [-0.15, -0.1) is 11.3 Å². The number of aromatic nitrogens is 3. The molecule has 0 radical (unpaired) electrons. The van der Waals surface area contributed by atoms with Gasteiger partial charge < -0.3 is 4.42 Å². The van der Waals surface area contributed by atoms with E-state index in [0.717, 1.165) is 5.39 Å². The zero-order valence-corrected chi connectivity index (χ0v) is 17.1. The van der Waals surface area contributed by atoms with Gasteiger partial charge in [0.2, 0.25) is 11.5 Å². The number of halogens is 1. The Morgan fingerprint density at radius 3 is 2.77 bits per heavy atom. The van der Waals surface area contributed by atoms with E-state index in [1.807, 2.05) is 18.2 Å². The monoisotopic (exact) mass is 434 g/mol. The first-order valence-corrected chi connectivity index (χ1v) is 10.3. The number of hydrogen-bond donors (Lipinski definition) is 0. The first-order chi connectivity index (χ1) is 15.0. The second kappa shape index (κ2) is 7.44. The molecule has 3 aromatic heterocycles. The van der Waals surface area contributed by atoms with Gasteiger partial charge in [0, 0.05) is 17.7 Å². The third-order valence-electron chi connectivity index (χ3n) is 4.82. The lowest BCUT2D eigenvalue weighted by molar-refractivity contribution is -0.115. The summed E-state index contributed by atoms with van der Waals surface area (Å²) >= 11 is 1.19. The van der Waals surface area contributed by atoms with Crippen LogP contribution in [0.1, 0.15) is 12.6 Å². The van der Waals surface area contributed by atoms with Crippen molar-refractivity contribution in [3.8, 4) is 0 Å². The van der Waals surface area contributed by atoms with E-state index in [0.29, 0.717) is 21.9 Å². The van der Waals surface area contributed by atoms with E-state index in [2.05, 4.69) is 9.97 Å². The fourth-order valence-corrected chi connectivity index (χ4v) is 4.29. The first-order valence-electron chi connectivity index (χ1n) is 9.39. The zero-order valence-electron chi connectivity index (χ0n) is 16.3. The molecule has 2 aromatic carbocycles. The van der Waals surface area contributed by atoms with Crippen molar-refractivity contribution in [1.82, 2.24) is 14.5 Å². The van der Waals surface area contributed by atoms with Crippen molar-refractivity contribution < 1.29 is 13.6 Å². The molecule has 31 heavy (non-hydrogen) atoms. The predicted octanol–water partition coefficient (Wildman–Crippen LogP) is 4.47. The lowest BCUT2D eigenvalue weighted by Crippen LogP contribution is -2.24. The fraction of sp³-hybridized carbons (Fsp3) is 0.0909. The van der Waals surface area contributed by atoms with E-state index in [1.54, 1.807) is 23.6 Å². The number of anilines is 2. The van der Waals surface area contributed by atoms with Crippen LogP contribution in [0.4, 0.5) is 15.2 Å². The van der Waals surface area contributed by atoms with Crippen molar-refractivity contribution in [2.24, 2.45) is 0 Å². The predicted molar refractivity (Wildman–Crippen MR) is 116 cm³/mol. The SMILES string of the molecule is CC(=O)N(c1nc(Cn2cnc3c(oc4ccccc43)c2=O)cs1)c1ccccc1F. The molecule has 0 atom stereocenters. The van der Waals surface area contributed by atoms with E-state index in [4.69, 9.17) is 4.42 Å². The summed E-state index contributed by atoms with van der Waals surface area (Å²) in [4.78, 5) is 35.2. The van der Waals surface area contributed by atoms with E-state index in [9.17, 15) is 14.0 Å². The normalized spacial score (nSPS) is 11.3. The minimum atomic E-state index is -0.523. The van der Waals surface area contributed by atoms with E-state index in [1.165, 1.54) is 46.2 Å². The number of carbonyl (C=O) groups excluding carboxylic acids is 1. The maximum atomic E-state index is 14.2. The summed E-state index contributed by atoms with van der Waals surface area (Å²) in [6, 6.07) is 13.3. The highest BCUT2D eigenvalue weighted by atomic mass is 32.1. The van der Waals surface area contributed by atoms with Gasteiger partial charge in [0.25, 0.3) is 5.56 Å². The van der Waals surface area contributed by atoms with Crippen LogP contribution < -0.4 is 10.5 Å². The molecule has 1 amide bonds. The van der Waals surface area contributed by atoms with Crippen molar-refractivity contribution >= 4 is 50.1 Å². The molecule has 9 heteroatoms. The van der Waals surface area contributed by atoms with Crippen LogP contribution in [0.15, 0.2) is 69.5 Å². The molecule has 0 spiro atoms. The van der Waals surface area contributed by atoms with E-state index in [-0.39, 0.29) is 29.3 Å². The number of nitrogens with zero attached hydrogens (tertiary/aromatic N) is 4. The number of para-hydroxylation sites is 2. The quantitative estimate of drug-likeness (QED) is 0.417. The lowest BCUT2D eigenvalue weighted by Gasteiger charge is -2.18. The van der Waals surface area contributed by atoms with Crippen molar-refractivity contribution in [3.05, 3.63) is 82.1 Å². The van der Waals surface area contributed by atoms with Crippen molar-refractivity contribution in [2.75, 3.05) is 4.90 Å². The van der Waals surface area contributed by atoms with Gasteiger partial charge in [-0.3, -0.25) is 19.1 Å². The number of hydrogen-bond acceptors (Lipinski definition) is 6. The Hall–Kier alpha value is -3.85. The number of amides is 1. The molecular formula is C22H15FN4O3S. The molecule has 0 N–H and O–H groups in total. The van der Waals surface area contributed by atoms with Crippen LogP contribution in [0.3, 0.4) is 0 Å². The van der Waals surface area contributed by atoms with Crippen LogP contribution >= 0.6 is 11.3 Å². The van der Waals surface area contributed by atoms with Gasteiger partial charge in [-0.05, 0) is 24.3 Å². The number of rotatable bonds is 4. The average Bonchev–Trinajstić information content (AvgIpc) is 3.36. The highest BCUT2D eigenvalue weighted by Gasteiger charge is 2.21. The number of thiazole rings is 1. The minimum Gasteiger partial charge on any atom is -0.448 e. The van der Waals surface area contributed by atoms with E-state index >= 15 is 0 Å². The fourth-order valence-electron chi connectivity index (χ4n) is 3.41. The Kier molecular flexibility index (Phi) is 4.59. The summed E-state index contributed by atoms with van der Waals surface area (Å²) in [6.07, 6.45) is 1.45. The van der Waals surface area contributed by atoms with Crippen molar-refractivity contribution in [3.63, 3.8) is 0 Å². The summed E-state index contributed by atoms with van der Waals surface area (Å²) in [6.45, 7) is 1.48. The molecule has 154 valence electrons. The third kappa shape index (κ3) is 3.28. The highest BCUT2D eigenvalue weighted by molar-refractivity contribution is 7.14. The van der Waals surface area contributed by atoms with Gasteiger partial charge in [0.05, 0.1) is 24.3 Å². The Bertz CT molecular complexity index is 1500. The summed E-state index contributed by atoms with van der Waals surface area (Å²) in [7, 11) is 0. The number of furan rings is 1. The molecule has 0 unspecified atom stereocenters. The zero-order chi connectivity index (χ0) is 21.5. The van der Waals surface area contributed by atoms with Crippen LogP contribution in [0.2, 0.25) is 0 Å². The highest BCUT2D eigenvalue weighted by Crippen LogP contribution is 2.31. The Morgan fingerprint density at radius 2 is 1.97 bits per heavy atom. The molecule has 5 aromatic rings. The summed E-state index contributed by atoms with van der Waals surface area (Å²) in [5.41, 5.74) is 1.63. The molecule has 0 fully saturated rings. The molecule has 7 nitrogen and oxygen atoms in total. The van der Waals surface area contributed by atoms with Crippen molar-refractivity contribution in [2.45, 2.75) is 13.5 Å². The van der Waals surface area contributed by atoms with Crippen LogP contribution in [-0.2, 0) is 11.3 Å². The summed E-state index contributed by atoms with van der Waals surface area (Å²) in [5, 5.41) is 2.82. The molecule has 3 heterocycles. The summed E-state index contributed by atoms with van der Waals surface area (Å²) in [5.74, 6) is -0.890. The van der Waals surface area contributed by atoms with Gasteiger partial charge in [0.15, 0.2) is 5.13 Å². The largest absolute Gasteiger partial charge is 0.448 e. The van der Waals surface area contributed by atoms with Gasteiger partial charge in [0.1, 0.15) is 16.9 Å². The van der Waals surface area contributed by atoms with Crippen LogP contribution in [0.25, 0.3) is 22.1 Å². The van der Waals surface area contributed by atoms with Gasteiger partial charge in [-0.2, -0.15) is 0 Å². The topological polar surface area (TPSA) is 81.2 Å². The second-order valence-electron chi connectivity index (χ2n) is 6.88. The Morgan fingerprint density at radius 1 is 1.19 bits per heavy atom. The average molecular weight is 434 g/mol. The maximum absolute atomic E-state index is 14.2. The standard InChI is InChI=1S/C22H15FN4O3S/c1-13(28)27(17-8-4-3-7-16(17)23)22-25-14(11-31-22)10-26-12-24-19-15-6-2-5-9-18(15)30-20(19)21(26)29/h2-9,11-12H,10H2,1H3. The van der Waals surface area contributed by atoms with Gasteiger partial charge in [-0.25, -0.2) is 14.4 Å². The molecule has 0 aliphatic carbocycles. The number of fused-ring (bicyclic) bond motifs is 3. The molecule has 0 saturated heterocycles. The maximum Gasteiger partial charge on any atom is 0.297 e. The molecule has 0 aliphatic rings. The van der Waals surface area contributed by atoms with Crippen molar-refractivity contribution in [1.29, 1.82) is 0 Å². The molecule has 0 saturated carbocycles. The van der Waals surface area contributed by atoms with E-state index < -0.39 is 5.82 Å². The second-order valence-corrected chi connectivity index (χ2v) is 7.72. The molecule has 0 aliphatic heterocycles. The molecule has 5 rings (SSSR count). The van der Waals surface area contributed by atoms with Gasteiger partial charge >= 0.3 is 0 Å². The molecule has 0 bridgehead atoms. The minimum absolute atomic E-state index is 0.124. The van der Waals surface area contributed by atoms with Gasteiger partial charge in [-0.1, -0.05) is 24.3 Å². The smallest absolute Gasteiger partial charge is 0.297 e. The number of carbonyl (C=O) groups is 1. The molecular weight excluding hydrogens is 419 g/mol. The third-order valence-corrected chi connectivity index (χ3v) is 5.70. The first kappa shape index (κ1) is 19.1. The number of benzene rings is 2. The van der Waals surface area contributed by atoms with Crippen LogP contribution in [-0.4, -0.2) is 20.4 Å². The lowest BCUT2D eigenvalue weighted by atomic mass is 10.2. The van der Waals surface area contributed by atoms with Crippen LogP contribution in [0, 0.1) is 5.82 Å².